The van der Waals surface area contributed by atoms with Gasteiger partial charge in [0.05, 0.1) is 5.92 Å². The highest BCUT2D eigenvalue weighted by molar-refractivity contribution is 5.79. The standard InChI is InChI=1S/C12H20N2O/c1-9-7-13-8-11(9)12(15)14-10-5-3-2-4-6-10/h2-3,9-11,13H,4-8H2,1H3,(H,14,15). The topological polar surface area (TPSA) is 41.1 Å². The van der Waals surface area contributed by atoms with Crippen LogP contribution in [0.1, 0.15) is 26.2 Å². The average Bonchev–Trinajstić information content (AvgIpc) is 2.66. The summed E-state index contributed by atoms with van der Waals surface area (Å²) in [5.41, 5.74) is 0. The summed E-state index contributed by atoms with van der Waals surface area (Å²) in [7, 11) is 0. The Kier molecular flexibility index (Phi) is 3.41. The second kappa shape index (κ2) is 4.79. The maximum Gasteiger partial charge on any atom is 0.224 e. The molecule has 1 fully saturated rings. The Labute approximate surface area is 91.3 Å². The molecule has 3 nitrogen and oxygen atoms in total. The van der Waals surface area contributed by atoms with Gasteiger partial charge in [0.2, 0.25) is 5.91 Å². The molecule has 0 aromatic heterocycles. The van der Waals surface area contributed by atoms with E-state index < -0.39 is 0 Å². The van der Waals surface area contributed by atoms with Crippen molar-refractivity contribution in [1.82, 2.24) is 10.6 Å². The Bertz CT molecular complexity index is 262. The quantitative estimate of drug-likeness (QED) is 0.666. The first kappa shape index (κ1) is 10.7. The van der Waals surface area contributed by atoms with E-state index in [0.717, 1.165) is 32.4 Å². The average molecular weight is 208 g/mol. The maximum atomic E-state index is 11.9. The van der Waals surface area contributed by atoms with Gasteiger partial charge < -0.3 is 10.6 Å². The van der Waals surface area contributed by atoms with E-state index in [9.17, 15) is 4.79 Å². The molecule has 3 atom stereocenters. The van der Waals surface area contributed by atoms with Gasteiger partial charge in [0.25, 0.3) is 0 Å². The van der Waals surface area contributed by atoms with E-state index in [-0.39, 0.29) is 11.8 Å². The van der Waals surface area contributed by atoms with E-state index >= 15 is 0 Å². The Balaban J connectivity index is 1.83. The highest BCUT2D eigenvalue weighted by Crippen LogP contribution is 2.17. The predicted octanol–water partition coefficient (Wildman–Crippen LogP) is 1.07. The summed E-state index contributed by atoms with van der Waals surface area (Å²) in [5.74, 6) is 0.896. The van der Waals surface area contributed by atoms with Gasteiger partial charge in [-0.25, -0.2) is 0 Å². The Hall–Kier alpha value is -0.830. The van der Waals surface area contributed by atoms with Gasteiger partial charge in [-0.05, 0) is 31.7 Å². The SMILES string of the molecule is CC1CNCC1C(=O)NC1CC=CCC1. The van der Waals surface area contributed by atoms with Crippen molar-refractivity contribution in [3.05, 3.63) is 12.2 Å². The molecular weight excluding hydrogens is 188 g/mol. The zero-order valence-corrected chi connectivity index (χ0v) is 9.33. The van der Waals surface area contributed by atoms with Crippen molar-refractivity contribution < 1.29 is 4.79 Å². The smallest absolute Gasteiger partial charge is 0.224 e. The first-order chi connectivity index (χ1) is 7.27. The summed E-state index contributed by atoms with van der Waals surface area (Å²) in [4.78, 5) is 11.9. The third kappa shape index (κ3) is 2.59. The van der Waals surface area contributed by atoms with Crippen molar-refractivity contribution in [3.8, 4) is 0 Å². The fourth-order valence-electron chi connectivity index (χ4n) is 2.39. The van der Waals surface area contributed by atoms with E-state index in [4.69, 9.17) is 0 Å². The summed E-state index contributed by atoms with van der Waals surface area (Å²) < 4.78 is 0. The van der Waals surface area contributed by atoms with Gasteiger partial charge in [0, 0.05) is 12.6 Å². The van der Waals surface area contributed by atoms with Gasteiger partial charge in [0.1, 0.15) is 0 Å². The number of hydrogen-bond donors (Lipinski definition) is 2. The number of carbonyl (C=O) groups excluding carboxylic acids is 1. The molecule has 15 heavy (non-hydrogen) atoms. The van der Waals surface area contributed by atoms with Crippen LogP contribution < -0.4 is 10.6 Å². The van der Waals surface area contributed by atoms with E-state index in [1.165, 1.54) is 0 Å². The summed E-state index contributed by atoms with van der Waals surface area (Å²) in [6.45, 7) is 3.96. The van der Waals surface area contributed by atoms with Gasteiger partial charge in [-0.1, -0.05) is 19.1 Å². The van der Waals surface area contributed by atoms with Crippen LogP contribution >= 0.6 is 0 Å². The van der Waals surface area contributed by atoms with Crippen LogP contribution in [0.5, 0.6) is 0 Å². The minimum atomic E-state index is 0.177. The van der Waals surface area contributed by atoms with E-state index in [1.54, 1.807) is 0 Å². The summed E-state index contributed by atoms with van der Waals surface area (Å²) in [5, 5.41) is 6.43. The minimum absolute atomic E-state index is 0.177. The van der Waals surface area contributed by atoms with Gasteiger partial charge >= 0.3 is 0 Å². The van der Waals surface area contributed by atoms with Crippen molar-refractivity contribution in [2.24, 2.45) is 11.8 Å². The van der Waals surface area contributed by atoms with Crippen LogP contribution in [-0.2, 0) is 4.79 Å². The summed E-state index contributed by atoms with van der Waals surface area (Å²) in [6, 6.07) is 0.371. The minimum Gasteiger partial charge on any atom is -0.353 e. The Morgan fingerprint density at radius 1 is 1.40 bits per heavy atom. The fraction of sp³-hybridized carbons (Fsp3) is 0.750. The molecule has 0 spiro atoms. The lowest BCUT2D eigenvalue weighted by Crippen LogP contribution is -2.41. The van der Waals surface area contributed by atoms with Gasteiger partial charge in [0.15, 0.2) is 0 Å². The molecule has 1 amide bonds. The predicted molar refractivity (Wildman–Crippen MR) is 60.4 cm³/mol. The van der Waals surface area contributed by atoms with Gasteiger partial charge in [-0.3, -0.25) is 4.79 Å². The summed E-state index contributed by atoms with van der Waals surface area (Å²) >= 11 is 0. The molecule has 1 aliphatic carbocycles. The lowest BCUT2D eigenvalue weighted by molar-refractivity contribution is -0.126. The molecule has 0 aromatic rings. The van der Waals surface area contributed by atoms with Crippen LogP contribution in [0.15, 0.2) is 12.2 Å². The Morgan fingerprint density at radius 2 is 2.27 bits per heavy atom. The Morgan fingerprint density at radius 3 is 2.87 bits per heavy atom. The van der Waals surface area contributed by atoms with Crippen LogP contribution in [0.3, 0.4) is 0 Å². The lowest BCUT2D eigenvalue weighted by atomic mass is 9.95. The second-order valence-corrected chi connectivity index (χ2v) is 4.73. The molecule has 2 N–H and O–H groups in total. The fourth-order valence-corrected chi connectivity index (χ4v) is 2.39. The number of amides is 1. The zero-order chi connectivity index (χ0) is 10.7. The lowest BCUT2D eigenvalue weighted by Gasteiger charge is -2.22. The normalized spacial score (nSPS) is 35.4. The maximum absolute atomic E-state index is 11.9. The number of nitrogens with one attached hydrogen (secondary N) is 2. The van der Waals surface area contributed by atoms with E-state index in [2.05, 4.69) is 29.7 Å². The van der Waals surface area contributed by atoms with Crippen LogP contribution in [0.4, 0.5) is 0 Å². The van der Waals surface area contributed by atoms with Crippen molar-refractivity contribution in [3.63, 3.8) is 0 Å². The van der Waals surface area contributed by atoms with Crippen molar-refractivity contribution in [2.45, 2.75) is 32.2 Å². The van der Waals surface area contributed by atoms with E-state index in [1.807, 2.05) is 0 Å². The molecule has 0 radical (unpaired) electrons. The van der Waals surface area contributed by atoms with Crippen molar-refractivity contribution in [2.75, 3.05) is 13.1 Å². The second-order valence-electron chi connectivity index (χ2n) is 4.73. The molecule has 84 valence electrons. The van der Waals surface area contributed by atoms with Gasteiger partial charge in [-0.15, -0.1) is 0 Å². The molecule has 3 heteroatoms. The monoisotopic (exact) mass is 208 g/mol. The third-order valence-electron chi connectivity index (χ3n) is 3.47. The van der Waals surface area contributed by atoms with Crippen LogP contribution in [0.25, 0.3) is 0 Å². The summed E-state index contributed by atoms with van der Waals surface area (Å²) in [6.07, 6.45) is 7.56. The number of rotatable bonds is 2. The van der Waals surface area contributed by atoms with Gasteiger partial charge in [-0.2, -0.15) is 0 Å². The molecule has 2 rings (SSSR count). The third-order valence-corrected chi connectivity index (χ3v) is 3.47. The molecular formula is C12H20N2O. The first-order valence-corrected chi connectivity index (χ1v) is 5.93. The van der Waals surface area contributed by atoms with Crippen LogP contribution in [-0.4, -0.2) is 25.0 Å². The van der Waals surface area contributed by atoms with Crippen LogP contribution in [0, 0.1) is 11.8 Å². The molecule has 1 aliphatic heterocycles. The highest BCUT2D eigenvalue weighted by Gasteiger charge is 2.30. The van der Waals surface area contributed by atoms with Crippen LogP contribution in [0.2, 0.25) is 0 Å². The van der Waals surface area contributed by atoms with Crippen molar-refractivity contribution in [1.29, 1.82) is 0 Å². The first-order valence-electron chi connectivity index (χ1n) is 5.93. The number of hydrogen-bond acceptors (Lipinski definition) is 2. The number of carbonyl (C=O) groups is 1. The molecule has 0 aromatic carbocycles. The largest absolute Gasteiger partial charge is 0.353 e. The molecule has 1 heterocycles. The molecule has 0 bridgehead atoms. The molecule has 0 saturated carbocycles. The van der Waals surface area contributed by atoms with Crippen molar-refractivity contribution >= 4 is 5.91 Å². The highest BCUT2D eigenvalue weighted by atomic mass is 16.2. The van der Waals surface area contributed by atoms with E-state index in [0.29, 0.717) is 12.0 Å². The molecule has 3 unspecified atom stereocenters. The number of allylic oxidation sites excluding steroid dienone is 1. The molecule has 2 aliphatic rings. The zero-order valence-electron chi connectivity index (χ0n) is 9.33. The molecule has 1 saturated heterocycles.